The van der Waals surface area contributed by atoms with E-state index in [4.69, 9.17) is 16.3 Å². The number of carbonyl (C=O) groups is 1. The zero-order valence-corrected chi connectivity index (χ0v) is 13.0. The summed E-state index contributed by atoms with van der Waals surface area (Å²) in [5.74, 6) is 1.26. The van der Waals surface area contributed by atoms with Gasteiger partial charge in [-0.1, -0.05) is 32.6 Å². The molecule has 3 nitrogen and oxygen atoms in total. The van der Waals surface area contributed by atoms with Gasteiger partial charge in [0.15, 0.2) is 0 Å². The standard InChI is InChI=1S/C15H28ClNO2/c1-2-3-12-19-15(18)17(11-7-10-16)13-14-8-5-4-6-9-14/h14H,2-13H2,1H3. The lowest BCUT2D eigenvalue weighted by Gasteiger charge is -2.29. The van der Waals surface area contributed by atoms with Gasteiger partial charge in [-0.05, 0) is 31.6 Å². The number of nitrogens with zero attached hydrogens (tertiary/aromatic N) is 1. The van der Waals surface area contributed by atoms with Crippen LogP contribution >= 0.6 is 11.6 Å². The molecule has 19 heavy (non-hydrogen) atoms. The molecule has 1 amide bonds. The molecule has 0 aromatic heterocycles. The van der Waals surface area contributed by atoms with Crippen molar-refractivity contribution >= 4 is 17.7 Å². The molecule has 0 spiro atoms. The lowest BCUT2D eigenvalue weighted by molar-refractivity contribution is 0.0916. The first-order valence-corrected chi connectivity index (χ1v) is 8.29. The second kappa shape index (κ2) is 10.4. The van der Waals surface area contributed by atoms with Crippen LogP contribution in [0.3, 0.4) is 0 Å². The molecule has 1 aliphatic carbocycles. The molecule has 0 N–H and O–H groups in total. The summed E-state index contributed by atoms with van der Waals surface area (Å²) in [6.07, 6.45) is 9.15. The molecule has 0 bridgehead atoms. The van der Waals surface area contributed by atoms with Gasteiger partial charge in [-0.3, -0.25) is 0 Å². The molecule has 0 aromatic rings. The highest BCUT2D eigenvalue weighted by atomic mass is 35.5. The molecule has 0 aromatic carbocycles. The zero-order valence-electron chi connectivity index (χ0n) is 12.2. The summed E-state index contributed by atoms with van der Waals surface area (Å²) in [5, 5.41) is 0. The number of hydrogen-bond donors (Lipinski definition) is 0. The topological polar surface area (TPSA) is 29.5 Å². The maximum atomic E-state index is 12.1. The zero-order chi connectivity index (χ0) is 13.9. The summed E-state index contributed by atoms with van der Waals surface area (Å²) >= 11 is 5.74. The highest BCUT2D eigenvalue weighted by Gasteiger charge is 2.21. The third-order valence-corrected chi connectivity index (χ3v) is 4.01. The first-order valence-electron chi connectivity index (χ1n) is 7.75. The normalized spacial score (nSPS) is 16.3. The van der Waals surface area contributed by atoms with Crippen LogP contribution in [0.4, 0.5) is 4.79 Å². The maximum absolute atomic E-state index is 12.1. The monoisotopic (exact) mass is 289 g/mol. The van der Waals surface area contributed by atoms with E-state index in [1.54, 1.807) is 0 Å². The molecule has 1 rings (SSSR count). The van der Waals surface area contributed by atoms with E-state index < -0.39 is 0 Å². The van der Waals surface area contributed by atoms with Gasteiger partial charge < -0.3 is 9.64 Å². The van der Waals surface area contributed by atoms with Crippen LogP contribution in [0.15, 0.2) is 0 Å². The number of rotatable bonds is 8. The van der Waals surface area contributed by atoms with Crippen LogP contribution in [0.2, 0.25) is 0 Å². The van der Waals surface area contributed by atoms with Gasteiger partial charge in [0.25, 0.3) is 0 Å². The predicted molar refractivity (Wildman–Crippen MR) is 79.7 cm³/mol. The van der Waals surface area contributed by atoms with Gasteiger partial charge in [0, 0.05) is 19.0 Å². The van der Waals surface area contributed by atoms with E-state index in [0.717, 1.165) is 32.4 Å². The highest BCUT2D eigenvalue weighted by Crippen LogP contribution is 2.24. The van der Waals surface area contributed by atoms with Crippen molar-refractivity contribution in [1.82, 2.24) is 4.90 Å². The lowest BCUT2D eigenvalue weighted by Crippen LogP contribution is -2.37. The molecular weight excluding hydrogens is 262 g/mol. The van der Waals surface area contributed by atoms with Gasteiger partial charge in [0.1, 0.15) is 0 Å². The summed E-state index contributed by atoms with van der Waals surface area (Å²) in [5.41, 5.74) is 0. The second-order valence-corrected chi connectivity index (χ2v) is 5.84. The average molecular weight is 290 g/mol. The molecule has 0 saturated heterocycles. The van der Waals surface area contributed by atoms with Crippen molar-refractivity contribution in [1.29, 1.82) is 0 Å². The number of amides is 1. The Bertz CT molecular complexity index is 242. The van der Waals surface area contributed by atoms with E-state index in [1.807, 2.05) is 4.90 Å². The van der Waals surface area contributed by atoms with Crippen LogP contribution in [-0.2, 0) is 4.74 Å². The van der Waals surface area contributed by atoms with Crippen LogP contribution in [0.1, 0.15) is 58.3 Å². The Hall–Kier alpha value is -0.440. The van der Waals surface area contributed by atoms with Crippen molar-refractivity contribution in [2.75, 3.05) is 25.6 Å². The van der Waals surface area contributed by atoms with Crippen LogP contribution in [0, 0.1) is 5.92 Å². The quantitative estimate of drug-likeness (QED) is 0.488. The number of alkyl halides is 1. The van der Waals surface area contributed by atoms with Crippen LogP contribution < -0.4 is 0 Å². The molecule has 0 radical (unpaired) electrons. The fraction of sp³-hybridized carbons (Fsp3) is 0.933. The predicted octanol–water partition coefficient (Wildman–Crippen LogP) is 4.43. The maximum Gasteiger partial charge on any atom is 0.409 e. The molecule has 112 valence electrons. The Labute approximate surface area is 122 Å². The SMILES string of the molecule is CCCCOC(=O)N(CCCCl)CC1CCCCC1. The van der Waals surface area contributed by atoms with Gasteiger partial charge in [-0.15, -0.1) is 11.6 Å². The summed E-state index contributed by atoms with van der Waals surface area (Å²) in [6.45, 7) is 4.21. The van der Waals surface area contributed by atoms with E-state index >= 15 is 0 Å². The van der Waals surface area contributed by atoms with Crippen molar-refractivity contribution in [3.05, 3.63) is 0 Å². The Kier molecular flexibility index (Phi) is 9.06. The fourth-order valence-corrected chi connectivity index (χ4v) is 2.70. The lowest BCUT2D eigenvalue weighted by atomic mass is 9.89. The number of hydrogen-bond acceptors (Lipinski definition) is 2. The summed E-state index contributed by atoms with van der Waals surface area (Å²) < 4.78 is 5.33. The Morgan fingerprint density at radius 2 is 2.00 bits per heavy atom. The number of ether oxygens (including phenoxy) is 1. The van der Waals surface area contributed by atoms with E-state index in [0.29, 0.717) is 18.4 Å². The van der Waals surface area contributed by atoms with Crippen molar-refractivity contribution in [3.63, 3.8) is 0 Å². The van der Waals surface area contributed by atoms with E-state index in [9.17, 15) is 4.79 Å². The minimum Gasteiger partial charge on any atom is -0.449 e. The Morgan fingerprint density at radius 1 is 1.26 bits per heavy atom. The largest absolute Gasteiger partial charge is 0.449 e. The second-order valence-electron chi connectivity index (χ2n) is 5.46. The first-order chi connectivity index (χ1) is 9.27. The van der Waals surface area contributed by atoms with Crippen molar-refractivity contribution in [3.8, 4) is 0 Å². The average Bonchev–Trinajstić information content (AvgIpc) is 2.44. The number of halogens is 1. The van der Waals surface area contributed by atoms with Crippen LogP contribution in [-0.4, -0.2) is 36.6 Å². The van der Waals surface area contributed by atoms with Gasteiger partial charge >= 0.3 is 6.09 Å². The molecule has 0 aliphatic heterocycles. The minimum atomic E-state index is -0.149. The summed E-state index contributed by atoms with van der Waals surface area (Å²) in [6, 6.07) is 0. The molecule has 0 heterocycles. The third kappa shape index (κ3) is 7.05. The Balaban J connectivity index is 2.37. The molecule has 0 atom stereocenters. The van der Waals surface area contributed by atoms with Crippen LogP contribution in [0.25, 0.3) is 0 Å². The third-order valence-electron chi connectivity index (χ3n) is 3.75. The smallest absolute Gasteiger partial charge is 0.409 e. The van der Waals surface area contributed by atoms with Crippen molar-refractivity contribution in [2.45, 2.75) is 58.3 Å². The molecule has 1 aliphatic rings. The van der Waals surface area contributed by atoms with Crippen LogP contribution in [0.5, 0.6) is 0 Å². The van der Waals surface area contributed by atoms with Crippen molar-refractivity contribution in [2.24, 2.45) is 5.92 Å². The molecule has 1 saturated carbocycles. The molecular formula is C15H28ClNO2. The van der Waals surface area contributed by atoms with Crippen molar-refractivity contribution < 1.29 is 9.53 Å². The Morgan fingerprint density at radius 3 is 2.63 bits per heavy atom. The number of carbonyl (C=O) groups excluding carboxylic acids is 1. The minimum absolute atomic E-state index is 0.149. The summed E-state index contributed by atoms with van der Waals surface area (Å²) in [4.78, 5) is 13.9. The molecule has 0 unspecified atom stereocenters. The van der Waals surface area contributed by atoms with Gasteiger partial charge in [0.05, 0.1) is 6.61 Å². The molecule has 1 fully saturated rings. The summed E-state index contributed by atoms with van der Waals surface area (Å²) in [7, 11) is 0. The fourth-order valence-electron chi connectivity index (χ4n) is 2.58. The number of unbranched alkanes of at least 4 members (excludes halogenated alkanes) is 1. The van der Waals surface area contributed by atoms with Gasteiger partial charge in [-0.2, -0.15) is 0 Å². The van der Waals surface area contributed by atoms with Gasteiger partial charge in [0.2, 0.25) is 0 Å². The van der Waals surface area contributed by atoms with E-state index in [2.05, 4.69) is 6.92 Å². The first kappa shape index (κ1) is 16.6. The van der Waals surface area contributed by atoms with Gasteiger partial charge in [-0.25, -0.2) is 4.79 Å². The van der Waals surface area contributed by atoms with E-state index in [-0.39, 0.29) is 6.09 Å². The van der Waals surface area contributed by atoms with E-state index in [1.165, 1.54) is 32.1 Å². The molecule has 4 heteroatoms. The highest BCUT2D eigenvalue weighted by molar-refractivity contribution is 6.17.